The van der Waals surface area contributed by atoms with Gasteiger partial charge in [0.2, 0.25) is 0 Å². The molecule has 0 spiro atoms. The maximum Gasteiger partial charge on any atom is 0.269 e. The minimum Gasteiger partial charge on any atom is -0.484 e. The number of carbonyl (C=O) groups excluding carboxylic acids is 1. The number of hydrogen-bond acceptors (Lipinski definition) is 6. The fourth-order valence-corrected chi connectivity index (χ4v) is 2.04. The second-order valence-corrected chi connectivity index (χ2v) is 4.83. The quantitative estimate of drug-likeness (QED) is 0.503. The van der Waals surface area contributed by atoms with Gasteiger partial charge in [-0.25, -0.2) is 0 Å². The van der Waals surface area contributed by atoms with Crippen molar-refractivity contribution >= 4 is 24.0 Å². The first-order valence-electron chi connectivity index (χ1n) is 6.59. The molecule has 1 amide bonds. The van der Waals surface area contributed by atoms with Crippen molar-refractivity contribution in [1.82, 2.24) is 10.6 Å². The summed E-state index contributed by atoms with van der Waals surface area (Å²) < 4.78 is 5.23. The Morgan fingerprint density at radius 2 is 2.09 bits per heavy atom. The summed E-state index contributed by atoms with van der Waals surface area (Å²) in [5.41, 5.74) is -0.0328. The molecule has 1 aliphatic heterocycles. The number of carbonyl (C=O) groups is 1. The number of halogens is 1. The van der Waals surface area contributed by atoms with Crippen molar-refractivity contribution in [2.75, 3.05) is 26.2 Å². The van der Waals surface area contributed by atoms with Crippen molar-refractivity contribution in [2.24, 2.45) is 5.92 Å². The van der Waals surface area contributed by atoms with Gasteiger partial charge < -0.3 is 20.5 Å². The molecule has 1 aromatic carbocycles. The predicted molar refractivity (Wildman–Crippen MR) is 81.2 cm³/mol. The fraction of sp³-hybridized carbons (Fsp3) is 0.462. The van der Waals surface area contributed by atoms with E-state index < -0.39 is 11.0 Å². The van der Waals surface area contributed by atoms with Crippen molar-refractivity contribution < 1.29 is 19.6 Å². The van der Waals surface area contributed by atoms with Crippen LogP contribution in [-0.2, 0) is 4.79 Å². The zero-order chi connectivity index (χ0) is 15.2. The summed E-state index contributed by atoms with van der Waals surface area (Å²) in [6.45, 7) is 1.43. The Labute approximate surface area is 133 Å². The molecule has 0 bridgehead atoms. The van der Waals surface area contributed by atoms with E-state index in [0.717, 1.165) is 0 Å². The van der Waals surface area contributed by atoms with Crippen LogP contribution in [0.5, 0.6) is 5.75 Å². The van der Waals surface area contributed by atoms with Crippen LogP contribution in [0.1, 0.15) is 0 Å². The van der Waals surface area contributed by atoms with Crippen molar-refractivity contribution in [3.8, 4) is 5.75 Å². The Bertz CT molecular complexity index is 511. The third kappa shape index (κ3) is 5.14. The highest BCUT2D eigenvalue weighted by atomic mass is 35.5. The normalized spacial score (nSPS) is 20.0. The minimum atomic E-state index is -0.503. The number of hydrogen-bond donors (Lipinski definition) is 3. The van der Waals surface area contributed by atoms with E-state index in [1.165, 1.54) is 24.3 Å². The fourth-order valence-electron chi connectivity index (χ4n) is 2.04. The van der Waals surface area contributed by atoms with Crippen molar-refractivity contribution in [1.29, 1.82) is 0 Å². The van der Waals surface area contributed by atoms with Crippen LogP contribution in [0, 0.1) is 16.0 Å². The van der Waals surface area contributed by atoms with Gasteiger partial charge in [0.15, 0.2) is 6.61 Å². The molecule has 2 rings (SSSR count). The summed E-state index contributed by atoms with van der Waals surface area (Å²) in [7, 11) is 0. The largest absolute Gasteiger partial charge is 0.484 e. The summed E-state index contributed by atoms with van der Waals surface area (Å²) in [5.74, 6) is 0.0964. The van der Waals surface area contributed by atoms with E-state index in [2.05, 4.69) is 10.6 Å². The number of benzene rings is 1. The first-order chi connectivity index (χ1) is 10.1. The second-order valence-electron chi connectivity index (χ2n) is 4.83. The van der Waals surface area contributed by atoms with Crippen LogP contribution in [0.3, 0.4) is 0 Å². The molecule has 1 heterocycles. The van der Waals surface area contributed by atoms with Crippen LogP contribution in [-0.4, -0.2) is 48.3 Å². The van der Waals surface area contributed by atoms with Crippen LogP contribution < -0.4 is 15.4 Å². The highest BCUT2D eigenvalue weighted by Crippen LogP contribution is 2.17. The van der Waals surface area contributed by atoms with Crippen LogP contribution in [0.4, 0.5) is 5.69 Å². The van der Waals surface area contributed by atoms with Gasteiger partial charge >= 0.3 is 0 Å². The molecule has 3 N–H and O–H groups in total. The predicted octanol–water partition coefficient (Wildman–Crippen LogP) is 0.0919. The number of rotatable bonds is 6. The number of non-ortho nitro benzene ring substituents is 1. The van der Waals surface area contributed by atoms with Crippen molar-refractivity contribution in [2.45, 2.75) is 6.10 Å². The molecule has 22 heavy (non-hydrogen) atoms. The lowest BCUT2D eigenvalue weighted by atomic mass is 10.1. The van der Waals surface area contributed by atoms with Gasteiger partial charge in [-0.15, -0.1) is 12.4 Å². The highest BCUT2D eigenvalue weighted by Gasteiger charge is 2.24. The first-order valence-corrected chi connectivity index (χ1v) is 6.59. The molecule has 2 atom stereocenters. The lowest BCUT2D eigenvalue weighted by Crippen LogP contribution is -2.36. The van der Waals surface area contributed by atoms with Gasteiger partial charge in [0.25, 0.3) is 11.6 Å². The van der Waals surface area contributed by atoms with E-state index >= 15 is 0 Å². The van der Waals surface area contributed by atoms with Crippen LogP contribution in [0.2, 0.25) is 0 Å². The molecule has 0 aromatic heterocycles. The molecular weight excluding hydrogens is 314 g/mol. The molecule has 8 nitrogen and oxygen atoms in total. The molecule has 9 heteroatoms. The lowest BCUT2D eigenvalue weighted by molar-refractivity contribution is -0.384. The van der Waals surface area contributed by atoms with E-state index in [0.29, 0.717) is 25.4 Å². The van der Waals surface area contributed by atoms with Crippen LogP contribution >= 0.6 is 12.4 Å². The molecule has 0 aliphatic carbocycles. The van der Waals surface area contributed by atoms with E-state index in [4.69, 9.17) is 4.74 Å². The standard InChI is InChI=1S/C13H17N3O5.ClH/c17-12-7-14-5-9(12)6-15-13(18)8-21-11-3-1-10(2-4-11)16(19)20;/h1-4,9,12,14,17H,5-8H2,(H,15,18);1H. The number of nitrogens with zero attached hydrogens (tertiary/aromatic N) is 1. The maximum absolute atomic E-state index is 11.6. The Balaban J connectivity index is 0.00000242. The minimum absolute atomic E-state index is 0. The average molecular weight is 332 g/mol. The molecule has 1 fully saturated rings. The highest BCUT2D eigenvalue weighted by molar-refractivity contribution is 5.85. The topological polar surface area (TPSA) is 114 Å². The molecule has 0 radical (unpaired) electrons. The van der Waals surface area contributed by atoms with Crippen molar-refractivity contribution in [3.05, 3.63) is 34.4 Å². The van der Waals surface area contributed by atoms with Gasteiger partial charge in [-0.05, 0) is 12.1 Å². The Morgan fingerprint density at radius 3 is 2.64 bits per heavy atom. The number of β-amino-alcohol motifs (C(OH)–C–C–N with tert-alkyl or cyclic N) is 1. The number of nitro benzene ring substituents is 1. The van der Waals surface area contributed by atoms with Crippen LogP contribution in [0.15, 0.2) is 24.3 Å². The zero-order valence-corrected chi connectivity index (χ0v) is 12.5. The maximum atomic E-state index is 11.6. The molecule has 2 unspecified atom stereocenters. The monoisotopic (exact) mass is 331 g/mol. The Kier molecular flexibility index (Phi) is 7.03. The van der Waals surface area contributed by atoms with Crippen LogP contribution in [0.25, 0.3) is 0 Å². The van der Waals surface area contributed by atoms with E-state index in [1.807, 2.05) is 0 Å². The van der Waals surface area contributed by atoms with E-state index in [9.17, 15) is 20.0 Å². The van der Waals surface area contributed by atoms with Crippen molar-refractivity contribution in [3.63, 3.8) is 0 Å². The smallest absolute Gasteiger partial charge is 0.269 e. The Hall–Kier alpha value is -1.90. The molecule has 0 saturated carbocycles. The third-order valence-corrected chi connectivity index (χ3v) is 3.28. The Morgan fingerprint density at radius 1 is 1.41 bits per heavy atom. The summed E-state index contributed by atoms with van der Waals surface area (Å²) in [5, 5.41) is 25.8. The summed E-state index contributed by atoms with van der Waals surface area (Å²) in [4.78, 5) is 21.6. The summed E-state index contributed by atoms with van der Waals surface area (Å²) >= 11 is 0. The number of amides is 1. The molecule has 122 valence electrons. The van der Waals surface area contributed by atoms with Gasteiger partial charge in [-0.1, -0.05) is 0 Å². The lowest BCUT2D eigenvalue weighted by Gasteiger charge is -2.14. The zero-order valence-electron chi connectivity index (χ0n) is 11.7. The van der Waals surface area contributed by atoms with Gasteiger partial charge in [-0.2, -0.15) is 0 Å². The van der Waals surface area contributed by atoms with Gasteiger partial charge in [0.1, 0.15) is 5.75 Å². The summed E-state index contributed by atoms with van der Waals surface area (Å²) in [6, 6.07) is 5.51. The summed E-state index contributed by atoms with van der Waals surface area (Å²) in [6.07, 6.45) is -0.444. The average Bonchev–Trinajstić information content (AvgIpc) is 2.88. The third-order valence-electron chi connectivity index (χ3n) is 3.28. The molecule has 1 aliphatic rings. The van der Waals surface area contributed by atoms with Gasteiger partial charge in [-0.3, -0.25) is 14.9 Å². The number of ether oxygens (including phenoxy) is 1. The van der Waals surface area contributed by atoms with Gasteiger partial charge in [0.05, 0.1) is 11.0 Å². The number of aliphatic hydroxyl groups is 1. The molecular formula is C13H18ClN3O5. The number of aliphatic hydroxyl groups excluding tert-OH is 1. The molecule has 1 aromatic rings. The first kappa shape index (κ1) is 18.1. The number of nitro groups is 1. The van der Waals surface area contributed by atoms with E-state index in [-0.39, 0.29) is 36.5 Å². The molecule has 1 saturated heterocycles. The van der Waals surface area contributed by atoms with Gasteiger partial charge in [0, 0.05) is 37.7 Å². The number of nitrogens with one attached hydrogen (secondary N) is 2. The SMILES string of the molecule is Cl.O=C(COc1ccc([N+](=O)[O-])cc1)NCC1CNCC1O. The second kappa shape index (κ2) is 8.52. The van der Waals surface area contributed by atoms with E-state index in [1.54, 1.807) is 0 Å².